The highest BCUT2D eigenvalue weighted by atomic mass is 19.1. The van der Waals surface area contributed by atoms with E-state index in [1.807, 2.05) is 38.1 Å². The molecule has 0 aliphatic heterocycles. The van der Waals surface area contributed by atoms with Crippen LogP contribution < -0.4 is 4.74 Å². The van der Waals surface area contributed by atoms with Crippen molar-refractivity contribution in [3.8, 4) is 5.75 Å². The molecule has 0 aliphatic carbocycles. The zero-order valence-electron chi connectivity index (χ0n) is 12.9. The summed E-state index contributed by atoms with van der Waals surface area (Å²) < 4.78 is 29.8. The molecule has 0 N–H and O–H groups in total. The summed E-state index contributed by atoms with van der Waals surface area (Å²) in [4.78, 5) is 0. The van der Waals surface area contributed by atoms with Crippen LogP contribution >= 0.6 is 0 Å². The highest BCUT2D eigenvalue weighted by Gasteiger charge is 2.11. The fourth-order valence-corrected chi connectivity index (χ4v) is 2.04. The number of rotatable bonds is 8. The second kappa shape index (κ2) is 8.51. The molecule has 0 atom stereocenters. The lowest BCUT2D eigenvalue weighted by molar-refractivity contribution is -0.140. The lowest BCUT2D eigenvalue weighted by Gasteiger charge is -2.18. The molecule has 0 amide bonds. The Bertz CT molecular complexity index is 563. The summed E-state index contributed by atoms with van der Waals surface area (Å²) in [5.74, 6) is 0.480. The lowest BCUT2D eigenvalue weighted by atomic mass is 10.2. The standard InChI is InChI=1S/C18H21FO3/c1-3-20-18(21-4-2)15-6-5-7-17(12-15)22-13-14-8-10-16(19)11-9-14/h5-12,18H,3-4,13H2,1-2H3. The minimum absolute atomic E-state index is 0.248. The molecule has 0 saturated heterocycles. The quantitative estimate of drug-likeness (QED) is 0.673. The molecule has 118 valence electrons. The number of ether oxygens (including phenoxy) is 3. The predicted molar refractivity (Wildman–Crippen MR) is 83.2 cm³/mol. The molecule has 3 nitrogen and oxygen atoms in total. The van der Waals surface area contributed by atoms with Crippen molar-refractivity contribution in [2.75, 3.05) is 13.2 Å². The largest absolute Gasteiger partial charge is 0.489 e. The van der Waals surface area contributed by atoms with Crippen LogP contribution in [-0.4, -0.2) is 13.2 Å². The van der Waals surface area contributed by atoms with Gasteiger partial charge in [-0.2, -0.15) is 0 Å². The van der Waals surface area contributed by atoms with E-state index in [-0.39, 0.29) is 12.1 Å². The lowest BCUT2D eigenvalue weighted by Crippen LogP contribution is -2.09. The number of halogens is 1. The van der Waals surface area contributed by atoms with E-state index in [1.54, 1.807) is 12.1 Å². The molecule has 0 spiro atoms. The molecular formula is C18H21FO3. The Balaban J connectivity index is 2.02. The molecule has 0 unspecified atom stereocenters. The van der Waals surface area contributed by atoms with Crippen molar-refractivity contribution < 1.29 is 18.6 Å². The van der Waals surface area contributed by atoms with Crippen molar-refractivity contribution in [3.05, 3.63) is 65.5 Å². The molecule has 0 heterocycles. The average molecular weight is 304 g/mol. The van der Waals surface area contributed by atoms with Crippen molar-refractivity contribution >= 4 is 0 Å². The van der Waals surface area contributed by atoms with Crippen LogP contribution in [0.2, 0.25) is 0 Å². The van der Waals surface area contributed by atoms with Gasteiger partial charge in [-0.3, -0.25) is 0 Å². The van der Waals surface area contributed by atoms with Crippen LogP contribution in [0.25, 0.3) is 0 Å². The molecule has 0 aromatic heterocycles. The van der Waals surface area contributed by atoms with E-state index in [0.717, 1.165) is 16.9 Å². The van der Waals surface area contributed by atoms with E-state index in [9.17, 15) is 4.39 Å². The zero-order valence-corrected chi connectivity index (χ0v) is 12.9. The van der Waals surface area contributed by atoms with Crippen LogP contribution in [0.4, 0.5) is 4.39 Å². The van der Waals surface area contributed by atoms with Gasteiger partial charge in [0.05, 0.1) is 0 Å². The van der Waals surface area contributed by atoms with Crippen molar-refractivity contribution in [2.45, 2.75) is 26.7 Å². The summed E-state index contributed by atoms with van der Waals surface area (Å²) in [6.45, 7) is 5.40. The smallest absolute Gasteiger partial charge is 0.183 e. The molecule has 0 aliphatic rings. The maximum Gasteiger partial charge on any atom is 0.183 e. The molecule has 0 bridgehead atoms. The summed E-state index contributed by atoms with van der Waals surface area (Å²) in [6.07, 6.45) is -0.385. The van der Waals surface area contributed by atoms with Crippen LogP contribution in [0.15, 0.2) is 48.5 Å². The fourth-order valence-electron chi connectivity index (χ4n) is 2.04. The Kier molecular flexibility index (Phi) is 6.37. The van der Waals surface area contributed by atoms with Gasteiger partial charge < -0.3 is 14.2 Å². The summed E-state index contributed by atoms with van der Waals surface area (Å²) in [5, 5.41) is 0. The normalized spacial score (nSPS) is 10.9. The van der Waals surface area contributed by atoms with Gasteiger partial charge in [0.1, 0.15) is 18.2 Å². The van der Waals surface area contributed by atoms with Gasteiger partial charge in [0, 0.05) is 18.8 Å². The van der Waals surface area contributed by atoms with Gasteiger partial charge >= 0.3 is 0 Å². The van der Waals surface area contributed by atoms with Crippen molar-refractivity contribution in [2.24, 2.45) is 0 Å². The third kappa shape index (κ3) is 4.83. The number of benzene rings is 2. The Hall–Kier alpha value is -1.91. The third-order valence-electron chi connectivity index (χ3n) is 3.09. The van der Waals surface area contributed by atoms with Crippen LogP contribution in [-0.2, 0) is 16.1 Å². The molecule has 0 saturated carbocycles. The van der Waals surface area contributed by atoms with Crippen LogP contribution in [0.1, 0.15) is 31.3 Å². The molecule has 2 aromatic rings. The van der Waals surface area contributed by atoms with Crippen molar-refractivity contribution in [1.29, 1.82) is 0 Å². The maximum absolute atomic E-state index is 12.9. The van der Waals surface area contributed by atoms with Gasteiger partial charge in [-0.05, 0) is 43.7 Å². The highest BCUT2D eigenvalue weighted by molar-refractivity contribution is 5.29. The van der Waals surface area contributed by atoms with E-state index in [1.165, 1.54) is 12.1 Å². The van der Waals surface area contributed by atoms with Gasteiger partial charge in [0.2, 0.25) is 0 Å². The average Bonchev–Trinajstić information content (AvgIpc) is 2.54. The first-order valence-electron chi connectivity index (χ1n) is 7.43. The Morgan fingerprint density at radius 3 is 2.27 bits per heavy atom. The van der Waals surface area contributed by atoms with Gasteiger partial charge in [-0.15, -0.1) is 0 Å². The maximum atomic E-state index is 12.9. The molecule has 0 fully saturated rings. The summed E-state index contributed by atoms with van der Waals surface area (Å²) in [5.41, 5.74) is 1.83. The van der Waals surface area contributed by atoms with E-state index >= 15 is 0 Å². The van der Waals surface area contributed by atoms with Crippen molar-refractivity contribution in [1.82, 2.24) is 0 Å². The van der Waals surface area contributed by atoms with Crippen LogP contribution in [0, 0.1) is 5.82 Å². The summed E-state index contributed by atoms with van der Waals surface area (Å²) >= 11 is 0. The number of hydrogen-bond acceptors (Lipinski definition) is 3. The Morgan fingerprint density at radius 2 is 1.64 bits per heavy atom. The molecule has 2 rings (SSSR count). The van der Waals surface area contributed by atoms with Gasteiger partial charge in [0.15, 0.2) is 6.29 Å². The molecule has 4 heteroatoms. The summed E-state index contributed by atoms with van der Waals surface area (Å²) in [7, 11) is 0. The third-order valence-corrected chi connectivity index (χ3v) is 3.09. The molecule has 22 heavy (non-hydrogen) atoms. The van der Waals surface area contributed by atoms with E-state index in [2.05, 4.69) is 0 Å². The fraction of sp³-hybridized carbons (Fsp3) is 0.333. The van der Waals surface area contributed by atoms with Gasteiger partial charge in [-0.1, -0.05) is 24.3 Å². The second-order valence-electron chi connectivity index (χ2n) is 4.73. The van der Waals surface area contributed by atoms with Gasteiger partial charge in [0.25, 0.3) is 0 Å². The zero-order chi connectivity index (χ0) is 15.8. The summed E-state index contributed by atoms with van der Waals surface area (Å²) in [6, 6.07) is 13.9. The van der Waals surface area contributed by atoms with Crippen LogP contribution in [0.3, 0.4) is 0 Å². The van der Waals surface area contributed by atoms with E-state index < -0.39 is 0 Å². The van der Waals surface area contributed by atoms with Crippen LogP contribution in [0.5, 0.6) is 5.75 Å². The first-order chi connectivity index (χ1) is 10.7. The van der Waals surface area contributed by atoms with Gasteiger partial charge in [-0.25, -0.2) is 4.39 Å². The minimum Gasteiger partial charge on any atom is -0.489 e. The Morgan fingerprint density at radius 1 is 0.955 bits per heavy atom. The SMILES string of the molecule is CCOC(OCC)c1cccc(OCc2ccc(F)cc2)c1. The topological polar surface area (TPSA) is 27.7 Å². The first kappa shape index (κ1) is 16.5. The highest BCUT2D eigenvalue weighted by Crippen LogP contribution is 2.23. The number of hydrogen-bond donors (Lipinski definition) is 0. The first-order valence-corrected chi connectivity index (χ1v) is 7.43. The molecular weight excluding hydrogens is 283 g/mol. The van der Waals surface area contributed by atoms with Crippen molar-refractivity contribution in [3.63, 3.8) is 0 Å². The molecule has 0 radical (unpaired) electrons. The Labute approximate surface area is 130 Å². The second-order valence-corrected chi connectivity index (χ2v) is 4.73. The van der Waals surface area contributed by atoms with E-state index in [0.29, 0.717) is 19.8 Å². The molecule has 2 aromatic carbocycles. The minimum atomic E-state index is -0.385. The van der Waals surface area contributed by atoms with E-state index in [4.69, 9.17) is 14.2 Å². The monoisotopic (exact) mass is 304 g/mol. The predicted octanol–water partition coefficient (Wildman–Crippen LogP) is 4.48.